The van der Waals surface area contributed by atoms with E-state index in [9.17, 15) is 4.39 Å². The Labute approximate surface area is 83.7 Å². The number of fused-ring (bicyclic) bond motifs is 1. The van der Waals surface area contributed by atoms with Crippen LogP contribution >= 0.6 is 0 Å². The number of rotatable bonds is 1. The molecule has 1 aromatic carbocycles. The molecule has 0 amide bonds. The van der Waals surface area contributed by atoms with Gasteiger partial charge in [0.25, 0.3) is 0 Å². The van der Waals surface area contributed by atoms with Crippen LogP contribution in [0.2, 0.25) is 0 Å². The Morgan fingerprint density at radius 2 is 2.21 bits per heavy atom. The molecule has 14 heavy (non-hydrogen) atoms. The number of hydrogen-bond acceptors (Lipinski definition) is 2. The highest BCUT2D eigenvalue weighted by Gasteiger charge is 2.21. The van der Waals surface area contributed by atoms with Crippen LogP contribution in [-0.4, -0.2) is 25.5 Å². The van der Waals surface area contributed by atoms with Crippen LogP contribution in [0, 0.1) is 5.82 Å². The Balaban J connectivity index is 2.40. The van der Waals surface area contributed by atoms with Gasteiger partial charge in [-0.2, -0.15) is 0 Å². The number of nitrogens with zero attached hydrogens (tertiary/aromatic N) is 1. The molecule has 2 nitrogen and oxygen atoms in total. The molecule has 1 aliphatic rings. The van der Waals surface area contributed by atoms with Gasteiger partial charge in [-0.05, 0) is 37.4 Å². The largest absolute Gasteiger partial charge is 0.311 e. The van der Waals surface area contributed by atoms with Crippen LogP contribution in [-0.2, 0) is 6.54 Å². The van der Waals surface area contributed by atoms with Crippen molar-refractivity contribution in [2.45, 2.75) is 12.6 Å². The van der Waals surface area contributed by atoms with Crippen molar-refractivity contribution in [1.29, 1.82) is 0 Å². The molecule has 0 aliphatic carbocycles. The molecule has 1 aromatic rings. The zero-order valence-electron chi connectivity index (χ0n) is 8.55. The second kappa shape index (κ2) is 3.67. The SMILES string of the molecule is CN(C)[C@H]1CNCc2cc(F)ccc21. The summed E-state index contributed by atoms with van der Waals surface area (Å²) in [5.41, 5.74) is 2.32. The monoisotopic (exact) mass is 194 g/mol. The fourth-order valence-electron chi connectivity index (χ4n) is 1.97. The zero-order chi connectivity index (χ0) is 10.1. The van der Waals surface area contributed by atoms with Gasteiger partial charge in [0.1, 0.15) is 5.82 Å². The molecule has 0 aromatic heterocycles. The molecule has 0 unspecified atom stereocenters. The second-order valence-electron chi connectivity index (χ2n) is 3.95. The van der Waals surface area contributed by atoms with Gasteiger partial charge < -0.3 is 10.2 Å². The Hall–Kier alpha value is -0.930. The summed E-state index contributed by atoms with van der Waals surface area (Å²) >= 11 is 0. The predicted molar refractivity (Wildman–Crippen MR) is 54.5 cm³/mol. The van der Waals surface area contributed by atoms with E-state index in [1.807, 2.05) is 20.2 Å². The molecule has 0 saturated carbocycles. The van der Waals surface area contributed by atoms with Crippen molar-refractivity contribution in [3.8, 4) is 0 Å². The fraction of sp³-hybridized carbons (Fsp3) is 0.455. The van der Waals surface area contributed by atoms with Crippen LogP contribution < -0.4 is 5.32 Å². The highest BCUT2D eigenvalue weighted by molar-refractivity contribution is 5.32. The molecule has 1 aliphatic heterocycles. The highest BCUT2D eigenvalue weighted by Crippen LogP contribution is 2.25. The molecule has 0 fully saturated rings. The Kier molecular flexibility index (Phi) is 2.52. The lowest BCUT2D eigenvalue weighted by molar-refractivity contribution is 0.275. The number of nitrogens with one attached hydrogen (secondary N) is 1. The van der Waals surface area contributed by atoms with Crippen LogP contribution in [0.4, 0.5) is 4.39 Å². The minimum absolute atomic E-state index is 0.148. The van der Waals surface area contributed by atoms with Crippen molar-refractivity contribution in [1.82, 2.24) is 10.2 Å². The molecule has 76 valence electrons. The van der Waals surface area contributed by atoms with Crippen LogP contribution in [0.25, 0.3) is 0 Å². The summed E-state index contributed by atoms with van der Waals surface area (Å²) in [4.78, 5) is 2.16. The lowest BCUT2D eigenvalue weighted by Gasteiger charge is -2.31. The van der Waals surface area contributed by atoms with Crippen molar-refractivity contribution in [3.05, 3.63) is 35.1 Å². The second-order valence-corrected chi connectivity index (χ2v) is 3.95. The molecule has 2 rings (SSSR count). The maximum absolute atomic E-state index is 13.0. The van der Waals surface area contributed by atoms with Crippen LogP contribution in [0.15, 0.2) is 18.2 Å². The first-order valence-corrected chi connectivity index (χ1v) is 4.84. The predicted octanol–water partition coefficient (Wildman–Crippen LogP) is 1.53. The van der Waals surface area contributed by atoms with Crippen LogP contribution in [0.5, 0.6) is 0 Å². The third-order valence-electron chi connectivity index (χ3n) is 2.74. The van der Waals surface area contributed by atoms with E-state index < -0.39 is 0 Å². The van der Waals surface area contributed by atoms with E-state index in [4.69, 9.17) is 0 Å². The van der Waals surface area contributed by atoms with Crippen molar-refractivity contribution in [3.63, 3.8) is 0 Å². The average Bonchev–Trinajstić information content (AvgIpc) is 2.16. The first kappa shape index (κ1) is 9.62. The molecule has 0 saturated heterocycles. The topological polar surface area (TPSA) is 15.3 Å². The number of halogens is 1. The average molecular weight is 194 g/mol. The van der Waals surface area contributed by atoms with Gasteiger partial charge in [0.05, 0.1) is 0 Å². The van der Waals surface area contributed by atoms with E-state index in [0.29, 0.717) is 6.04 Å². The summed E-state index contributed by atoms with van der Waals surface area (Å²) < 4.78 is 13.0. The highest BCUT2D eigenvalue weighted by atomic mass is 19.1. The summed E-state index contributed by atoms with van der Waals surface area (Å²) in [7, 11) is 4.09. The lowest BCUT2D eigenvalue weighted by Crippen LogP contribution is -2.35. The van der Waals surface area contributed by atoms with E-state index >= 15 is 0 Å². The molecule has 3 heteroatoms. The standard InChI is InChI=1S/C11H15FN2/c1-14(2)11-7-13-6-8-5-9(12)3-4-10(8)11/h3-5,11,13H,6-7H2,1-2H3/t11-/m0/s1. The minimum atomic E-state index is -0.148. The summed E-state index contributed by atoms with van der Waals surface area (Å²) in [6.45, 7) is 1.71. The first-order chi connectivity index (χ1) is 6.68. The number of likely N-dealkylation sites (N-methyl/N-ethyl adjacent to an activating group) is 1. The third kappa shape index (κ3) is 1.65. The quantitative estimate of drug-likeness (QED) is 0.729. The fourth-order valence-corrected chi connectivity index (χ4v) is 1.97. The van der Waals surface area contributed by atoms with Crippen LogP contribution in [0.3, 0.4) is 0 Å². The maximum atomic E-state index is 13.0. The molecular formula is C11H15FN2. The molecule has 0 radical (unpaired) electrons. The molecule has 1 heterocycles. The summed E-state index contributed by atoms with van der Waals surface area (Å²) in [5, 5.41) is 3.29. The molecular weight excluding hydrogens is 179 g/mol. The van der Waals surface area contributed by atoms with Crippen molar-refractivity contribution in [2.24, 2.45) is 0 Å². The van der Waals surface area contributed by atoms with Crippen molar-refractivity contribution in [2.75, 3.05) is 20.6 Å². The minimum Gasteiger partial charge on any atom is -0.311 e. The summed E-state index contributed by atoms with van der Waals surface area (Å²) in [5.74, 6) is -0.148. The van der Waals surface area contributed by atoms with Gasteiger partial charge in [0, 0.05) is 19.1 Å². The van der Waals surface area contributed by atoms with Gasteiger partial charge in [-0.3, -0.25) is 0 Å². The Morgan fingerprint density at radius 1 is 1.43 bits per heavy atom. The van der Waals surface area contributed by atoms with E-state index in [0.717, 1.165) is 18.7 Å². The number of hydrogen-bond donors (Lipinski definition) is 1. The van der Waals surface area contributed by atoms with Crippen molar-refractivity contribution >= 4 is 0 Å². The Morgan fingerprint density at radius 3 is 2.93 bits per heavy atom. The molecule has 0 bridgehead atoms. The van der Waals surface area contributed by atoms with Gasteiger partial charge in [-0.15, -0.1) is 0 Å². The Bertz CT molecular complexity index is 336. The number of benzene rings is 1. The van der Waals surface area contributed by atoms with Gasteiger partial charge >= 0.3 is 0 Å². The van der Waals surface area contributed by atoms with Gasteiger partial charge in [0.15, 0.2) is 0 Å². The van der Waals surface area contributed by atoms with E-state index in [1.54, 1.807) is 12.1 Å². The summed E-state index contributed by atoms with van der Waals surface area (Å²) in [6.07, 6.45) is 0. The van der Waals surface area contributed by atoms with E-state index in [2.05, 4.69) is 10.2 Å². The lowest BCUT2D eigenvalue weighted by atomic mass is 9.96. The summed E-state index contributed by atoms with van der Waals surface area (Å²) in [6, 6.07) is 5.42. The smallest absolute Gasteiger partial charge is 0.123 e. The zero-order valence-corrected chi connectivity index (χ0v) is 8.55. The van der Waals surface area contributed by atoms with Gasteiger partial charge in [0.2, 0.25) is 0 Å². The molecule has 1 N–H and O–H groups in total. The normalized spacial score (nSPS) is 21.0. The molecule has 1 atom stereocenters. The third-order valence-corrected chi connectivity index (χ3v) is 2.74. The van der Waals surface area contributed by atoms with E-state index in [1.165, 1.54) is 5.56 Å². The van der Waals surface area contributed by atoms with Gasteiger partial charge in [-0.25, -0.2) is 4.39 Å². The van der Waals surface area contributed by atoms with Gasteiger partial charge in [-0.1, -0.05) is 6.07 Å². The maximum Gasteiger partial charge on any atom is 0.123 e. The molecule has 0 spiro atoms. The first-order valence-electron chi connectivity index (χ1n) is 4.84. The van der Waals surface area contributed by atoms with Crippen molar-refractivity contribution < 1.29 is 4.39 Å². The van der Waals surface area contributed by atoms with E-state index in [-0.39, 0.29) is 5.82 Å². The van der Waals surface area contributed by atoms with Crippen LogP contribution in [0.1, 0.15) is 17.2 Å².